The summed E-state index contributed by atoms with van der Waals surface area (Å²) < 4.78 is 17.1. The molecule has 2 heterocycles. The maximum atomic E-state index is 6.05. The molecule has 1 aromatic rings. The van der Waals surface area contributed by atoms with E-state index in [1.807, 2.05) is 19.1 Å². The Bertz CT molecular complexity index is 443. The van der Waals surface area contributed by atoms with Crippen LogP contribution in [0.1, 0.15) is 19.4 Å². The van der Waals surface area contributed by atoms with E-state index in [9.17, 15) is 0 Å². The molecule has 92 valence electrons. The number of hydrogen-bond donors (Lipinski definition) is 0. The van der Waals surface area contributed by atoms with Gasteiger partial charge in [0.15, 0.2) is 0 Å². The fraction of sp³-hybridized carbons (Fsp3) is 0.571. The van der Waals surface area contributed by atoms with Crippen molar-refractivity contribution in [3.05, 3.63) is 23.8 Å². The largest absolute Gasteiger partial charge is 0.497 e. The second-order valence-electron chi connectivity index (χ2n) is 5.19. The van der Waals surface area contributed by atoms with Gasteiger partial charge in [-0.25, -0.2) is 0 Å². The summed E-state index contributed by atoms with van der Waals surface area (Å²) in [6.07, 6.45) is 1.02. The lowest BCUT2D eigenvalue weighted by Crippen LogP contribution is -2.43. The minimum absolute atomic E-state index is 0.448. The molecule has 3 atom stereocenters. The van der Waals surface area contributed by atoms with Gasteiger partial charge in [-0.1, -0.05) is 13.0 Å². The standard InChI is InChI=1S/C14H18O3/c1-9-8-16-14(2)12(9)6-10-4-5-11(15-3)7-13(10)17-14/h4-5,7,9,12H,6,8H2,1-3H3/t9-,12+,14+/m0/s1. The van der Waals surface area contributed by atoms with Crippen molar-refractivity contribution in [2.24, 2.45) is 11.8 Å². The molecule has 0 amide bonds. The molecule has 3 rings (SSSR count). The highest BCUT2D eigenvalue weighted by Crippen LogP contribution is 2.46. The predicted octanol–water partition coefficient (Wildman–Crippen LogP) is 2.63. The van der Waals surface area contributed by atoms with Crippen molar-refractivity contribution in [1.29, 1.82) is 0 Å². The third kappa shape index (κ3) is 1.61. The van der Waals surface area contributed by atoms with Crippen molar-refractivity contribution in [3.63, 3.8) is 0 Å². The molecule has 0 saturated carbocycles. The summed E-state index contributed by atoms with van der Waals surface area (Å²) in [4.78, 5) is 0. The molecule has 1 saturated heterocycles. The summed E-state index contributed by atoms with van der Waals surface area (Å²) in [5.74, 6) is 2.27. The van der Waals surface area contributed by atoms with Crippen molar-refractivity contribution >= 4 is 0 Å². The zero-order chi connectivity index (χ0) is 12.0. The topological polar surface area (TPSA) is 27.7 Å². The first-order valence-corrected chi connectivity index (χ1v) is 6.12. The molecule has 3 heteroatoms. The molecule has 0 radical (unpaired) electrons. The number of ether oxygens (including phenoxy) is 3. The van der Waals surface area contributed by atoms with Crippen LogP contribution in [0, 0.1) is 11.8 Å². The van der Waals surface area contributed by atoms with Gasteiger partial charge in [0.1, 0.15) is 11.5 Å². The Morgan fingerprint density at radius 3 is 3.00 bits per heavy atom. The Balaban J connectivity index is 1.98. The molecule has 17 heavy (non-hydrogen) atoms. The van der Waals surface area contributed by atoms with Gasteiger partial charge in [-0.3, -0.25) is 0 Å². The molecular weight excluding hydrogens is 216 g/mol. The summed E-state index contributed by atoms with van der Waals surface area (Å²) in [6, 6.07) is 6.03. The highest BCUT2D eigenvalue weighted by molar-refractivity contribution is 5.43. The monoisotopic (exact) mass is 234 g/mol. The molecule has 3 nitrogen and oxygen atoms in total. The van der Waals surface area contributed by atoms with E-state index >= 15 is 0 Å². The first-order valence-electron chi connectivity index (χ1n) is 6.12. The Morgan fingerprint density at radius 2 is 2.24 bits per heavy atom. The van der Waals surface area contributed by atoms with Crippen LogP contribution in [-0.2, 0) is 11.2 Å². The van der Waals surface area contributed by atoms with Gasteiger partial charge in [0, 0.05) is 18.9 Å². The van der Waals surface area contributed by atoms with Crippen molar-refractivity contribution in [2.45, 2.75) is 26.1 Å². The van der Waals surface area contributed by atoms with Crippen LogP contribution in [0.5, 0.6) is 11.5 Å². The Hall–Kier alpha value is -1.22. The SMILES string of the molecule is COc1ccc2c(c1)O[C@@]1(C)OC[C@H](C)[C@H]1C2. The van der Waals surface area contributed by atoms with Crippen LogP contribution >= 0.6 is 0 Å². The Morgan fingerprint density at radius 1 is 1.41 bits per heavy atom. The lowest BCUT2D eigenvalue weighted by atomic mass is 9.82. The van der Waals surface area contributed by atoms with Crippen LogP contribution < -0.4 is 9.47 Å². The summed E-state index contributed by atoms with van der Waals surface area (Å²) >= 11 is 0. The minimum Gasteiger partial charge on any atom is -0.497 e. The van der Waals surface area contributed by atoms with E-state index < -0.39 is 5.79 Å². The van der Waals surface area contributed by atoms with E-state index in [1.54, 1.807) is 7.11 Å². The van der Waals surface area contributed by atoms with Crippen molar-refractivity contribution in [3.8, 4) is 11.5 Å². The third-order valence-electron chi connectivity index (χ3n) is 4.02. The second kappa shape index (κ2) is 3.64. The minimum atomic E-state index is -0.460. The zero-order valence-corrected chi connectivity index (χ0v) is 10.5. The van der Waals surface area contributed by atoms with Gasteiger partial charge < -0.3 is 14.2 Å². The van der Waals surface area contributed by atoms with E-state index in [4.69, 9.17) is 14.2 Å². The zero-order valence-electron chi connectivity index (χ0n) is 10.5. The fourth-order valence-corrected chi connectivity index (χ4v) is 2.91. The number of rotatable bonds is 1. The van der Waals surface area contributed by atoms with Gasteiger partial charge in [-0.15, -0.1) is 0 Å². The van der Waals surface area contributed by atoms with E-state index in [0.717, 1.165) is 24.5 Å². The van der Waals surface area contributed by atoms with Gasteiger partial charge in [-0.2, -0.15) is 0 Å². The number of methoxy groups -OCH3 is 1. The second-order valence-corrected chi connectivity index (χ2v) is 5.19. The summed E-state index contributed by atoms with van der Waals surface area (Å²) in [5, 5.41) is 0. The quantitative estimate of drug-likeness (QED) is 0.747. The predicted molar refractivity (Wildman–Crippen MR) is 64.3 cm³/mol. The molecule has 0 unspecified atom stereocenters. The van der Waals surface area contributed by atoms with Crippen molar-refractivity contribution < 1.29 is 14.2 Å². The van der Waals surface area contributed by atoms with Crippen LogP contribution in [0.3, 0.4) is 0 Å². The molecule has 0 N–H and O–H groups in total. The van der Waals surface area contributed by atoms with Gasteiger partial charge in [0.05, 0.1) is 13.7 Å². The Kier molecular flexibility index (Phi) is 2.33. The van der Waals surface area contributed by atoms with Gasteiger partial charge in [0.25, 0.3) is 0 Å². The lowest BCUT2D eigenvalue weighted by molar-refractivity contribution is -0.166. The van der Waals surface area contributed by atoms with Crippen LogP contribution in [0.25, 0.3) is 0 Å². The van der Waals surface area contributed by atoms with E-state index in [1.165, 1.54) is 5.56 Å². The molecule has 1 aromatic carbocycles. The van der Waals surface area contributed by atoms with E-state index in [2.05, 4.69) is 13.0 Å². The van der Waals surface area contributed by atoms with Crippen LogP contribution in [0.15, 0.2) is 18.2 Å². The van der Waals surface area contributed by atoms with Gasteiger partial charge in [-0.05, 0) is 24.0 Å². The number of hydrogen-bond acceptors (Lipinski definition) is 3. The Labute approximate surface area is 102 Å². The van der Waals surface area contributed by atoms with E-state index in [-0.39, 0.29) is 0 Å². The van der Waals surface area contributed by atoms with E-state index in [0.29, 0.717) is 11.8 Å². The first-order chi connectivity index (χ1) is 8.12. The summed E-state index contributed by atoms with van der Waals surface area (Å²) in [6.45, 7) is 5.06. The van der Waals surface area contributed by atoms with Crippen molar-refractivity contribution in [2.75, 3.05) is 13.7 Å². The van der Waals surface area contributed by atoms with Crippen LogP contribution in [0.4, 0.5) is 0 Å². The number of benzene rings is 1. The molecule has 0 aliphatic carbocycles. The van der Waals surface area contributed by atoms with Crippen LogP contribution in [0.2, 0.25) is 0 Å². The maximum Gasteiger partial charge on any atom is 0.211 e. The highest BCUT2D eigenvalue weighted by atomic mass is 16.7. The molecular formula is C14H18O3. The molecule has 0 aromatic heterocycles. The molecule has 1 fully saturated rings. The maximum absolute atomic E-state index is 6.05. The molecule has 2 aliphatic rings. The molecule has 2 aliphatic heterocycles. The summed E-state index contributed by atoms with van der Waals surface area (Å²) in [5.41, 5.74) is 1.26. The summed E-state index contributed by atoms with van der Waals surface area (Å²) in [7, 11) is 1.67. The molecule has 0 spiro atoms. The lowest BCUT2D eigenvalue weighted by Gasteiger charge is -2.37. The highest BCUT2D eigenvalue weighted by Gasteiger charge is 2.49. The fourth-order valence-electron chi connectivity index (χ4n) is 2.91. The third-order valence-corrected chi connectivity index (χ3v) is 4.02. The normalized spacial score (nSPS) is 34.8. The average Bonchev–Trinajstić information content (AvgIpc) is 2.62. The van der Waals surface area contributed by atoms with Gasteiger partial charge >= 0.3 is 0 Å². The van der Waals surface area contributed by atoms with Crippen molar-refractivity contribution in [1.82, 2.24) is 0 Å². The smallest absolute Gasteiger partial charge is 0.211 e. The first kappa shape index (κ1) is 10.9. The average molecular weight is 234 g/mol. The van der Waals surface area contributed by atoms with Gasteiger partial charge in [0.2, 0.25) is 5.79 Å². The number of fused-ring (bicyclic) bond motifs is 2. The molecule has 0 bridgehead atoms. The van der Waals surface area contributed by atoms with Crippen LogP contribution in [-0.4, -0.2) is 19.5 Å².